The summed E-state index contributed by atoms with van der Waals surface area (Å²) in [5.74, 6) is 0. The predicted octanol–water partition coefficient (Wildman–Crippen LogP) is 4.14. The first kappa shape index (κ1) is 9.87. The van der Waals surface area contributed by atoms with Gasteiger partial charge in [-0.05, 0) is 12.5 Å². The summed E-state index contributed by atoms with van der Waals surface area (Å²) in [5, 5.41) is 1.09. The van der Waals surface area contributed by atoms with E-state index in [4.69, 9.17) is 0 Å². The lowest BCUT2D eigenvalue weighted by Gasteiger charge is -1.98. The number of thiazole rings is 1. The lowest BCUT2D eigenvalue weighted by Crippen LogP contribution is -1.75. The molecule has 0 saturated carbocycles. The van der Waals surface area contributed by atoms with Crippen LogP contribution in [0.2, 0.25) is 0 Å². The van der Waals surface area contributed by atoms with E-state index in [9.17, 15) is 0 Å². The molecule has 1 aromatic carbocycles. The highest BCUT2D eigenvalue weighted by Gasteiger charge is 2.06. The Kier molecular flexibility index (Phi) is 2.99. The summed E-state index contributed by atoms with van der Waals surface area (Å²) in [6.07, 6.45) is 3.02. The molecular formula is C11H10BrNS. The Morgan fingerprint density at radius 1 is 1.36 bits per heavy atom. The van der Waals surface area contributed by atoms with E-state index in [0.717, 1.165) is 15.9 Å². The van der Waals surface area contributed by atoms with Crippen molar-refractivity contribution < 1.29 is 0 Å². The van der Waals surface area contributed by atoms with E-state index in [0.29, 0.717) is 0 Å². The van der Waals surface area contributed by atoms with Gasteiger partial charge < -0.3 is 0 Å². The first-order valence-electron chi connectivity index (χ1n) is 4.51. The number of hydrogen-bond acceptors (Lipinski definition) is 2. The van der Waals surface area contributed by atoms with Gasteiger partial charge in [-0.3, -0.25) is 0 Å². The van der Waals surface area contributed by atoms with Gasteiger partial charge >= 0.3 is 0 Å². The highest BCUT2D eigenvalue weighted by Crippen LogP contribution is 2.31. The predicted molar refractivity (Wildman–Crippen MR) is 64.6 cm³/mol. The highest BCUT2D eigenvalue weighted by molar-refractivity contribution is 9.10. The van der Waals surface area contributed by atoms with Gasteiger partial charge in [-0.15, -0.1) is 11.3 Å². The van der Waals surface area contributed by atoms with Crippen LogP contribution in [-0.4, -0.2) is 4.98 Å². The lowest BCUT2D eigenvalue weighted by molar-refractivity contribution is 1.17. The Labute approximate surface area is 95.9 Å². The Hall–Kier alpha value is -0.670. The SMILES string of the molecule is CCc1cnc(-c2ccccc2Br)s1. The maximum atomic E-state index is 4.41. The van der Waals surface area contributed by atoms with Crippen molar-refractivity contribution in [3.8, 4) is 10.6 Å². The summed E-state index contributed by atoms with van der Waals surface area (Å²) in [4.78, 5) is 5.74. The molecule has 0 aliphatic carbocycles. The minimum absolute atomic E-state index is 1.06. The number of benzene rings is 1. The molecule has 0 saturated heterocycles. The fraction of sp³-hybridized carbons (Fsp3) is 0.182. The van der Waals surface area contributed by atoms with Crippen molar-refractivity contribution in [1.29, 1.82) is 0 Å². The first-order chi connectivity index (χ1) is 6.81. The normalized spacial score (nSPS) is 10.4. The van der Waals surface area contributed by atoms with Gasteiger partial charge in [0.1, 0.15) is 5.01 Å². The molecule has 1 aromatic heterocycles. The zero-order valence-electron chi connectivity index (χ0n) is 7.83. The molecular weight excluding hydrogens is 258 g/mol. The largest absolute Gasteiger partial charge is 0.244 e. The molecule has 0 fully saturated rings. The Morgan fingerprint density at radius 3 is 2.79 bits per heavy atom. The molecule has 0 radical (unpaired) electrons. The van der Waals surface area contributed by atoms with Gasteiger partial charge in [-0.25, -0.2) is 4.98 Å². The van der Waals surface area contributed by atoms with E-state index in [1.165, 1.54) is 10.4 Å². The minimum atomic E-state index is 1.06. The van der Waals surface area contributed by atoms with Gasteiger partial charge in [0.15, 0.2) is 0 Å². The third-order valence-electron chi connectivity index (χ3n) is 2.01. The van der Waals surface area contributed by atoms with Crippen LogP contribution in [-0.2, 0) is 6.42 Å². The number of hydrogen-bond donors (Lipinski definition) is 0. The Bertz CT molecular complexity index is 436. The van der Waals surface area contributed by atoms with Gasteiger partial charge in [0.05, 0.1) is 0 Å². The van der Waals surface area contributed by atoms with Crippen molar-refractivity contribution in [1.82, 2.24) is 4.98 Å². The molecule has 0 spiro atoms. The lowest BCUT2D eigenvalue weighted by atomic mass is 10.2. The monoisotopic (exact) mass is 267 g/mol. The average molecular weight is 268 g/mol. The standard InChI is InChI=1S/C11H10BrNS/c1-2-8-7-13-11(14-8)9-5-3-4-6-10(9)12/h3-7H,2H2,1H3. The van der Waals surface area contributed by atoms with Crippen LogP contribution in [0, 0.1) is 0 Å². The van der Waals surface area contributed by atoms with E-state index in [-0.39, 0.29) is 0 Å². The average Bonchev–Trinajstić information content (AvgIpc) is 2.67. The number of halogens is 1. The molecule has 1 heterocycles. The van der Waals surface area contributed by atoms with Gasteiger partial charge in [-0.1, -0.05) is 41.1 Å². The van der Waals surface area contributed by atoms with Crippen LogP contribution in [0.3, 0.4) is 0 Å². The topological polar surface area (TPSA) is 12.9 Å². The van der Waals surface area contributed by atoms with Crippen LogP contribution in [0.1, 0.15) is 11.8 Å². The second-order valence-corrected chi connectivity index (χ2v) is 4.93. The molecule has 0 atom stereocenters. The van der Waals surface area contributed by atoms with Crippen molar-refractivity contribution in [2.75, 3.05) is 0 Å². The van der Waals surface area contributed by atoms with Crippen LogP contribution >= 0.6 is 27.3 Å². The maximum Gasteiger partial charge on any atom is 0.124 e. The minimum Gasteiger partial charge on any atom is -0.244 e. The fourth-order valence-electron chi connectivity index (χ4n) is 1.23. The number of aryl methyl sites for hydroxylation is 1. The molecule has 0 amide bonds. The van der Waals surface area contributed by atoms with Crippen molar-refractivity contribution >= 4 is 27.3 Å². The second kappa shape index (κ2) is 4.24. The summed E-state index contributed by atoms with van der Waals surface area (Å²) < 4.78 is 1.11. The molecule has 2 aromatic rings. The van der Waals surface area contributed by atoms with Crippen LogP contribution in [0.5, 0.6) is 0 Å². The molecule has 0 aliphatic rings. The van der Waals surface area contributed by atoms with Crippen LogP contribution < -0.4 is 0 Å². The molecule has 0 N–H and O–H groups in total. The summed E-state index contributed by atoms with van der Waals surface area (Å²) >= 11 is 5.29. The van der Waals surface area contributed by atoms with E-state index in [2.05, 4.69) is 33.9 Å². The number of rotatable bonds is 2. The van der Waals surface area contributed by atoms with Crippen molar-refractivity contribution in [2.45, 2.75) is 13.3 Å². The Balaban J connectivity index is 2.44. The molecule has 0 unspecified atom stereocenters. The molecule has 3 heteroatoms. The summed E-state index contributed by atoms with van der Waals surface area (Å²) in [5.41, 5.74) is 1.18. The first-order valence-corrected chi connectivity index (χ1v) is 6.12. The number of aromatic nitrogens is 1. The van der Waals surface area contributed by atoms with Gasteiger partial charge in [0.2, 0.25) is 0 Å². The molecule has 1 nitrogen and oxygen atoms in total. The number of nitrogens with zero attached hydrogens (tertiary/aromatic N) is 1. The maximum absolute atomic E-state index is 4.41. The molecule has 2 rings (SSSR count). The third kappa shape index (κ3) is 1.88. The molecule has 72 valence electrons. The summed E-state index contributed by atoms with van der Waals surface area (Å²) in [7, 11) is 0. The van der Waals surface area contributed by atoms with E-state index >= 15 is 0 Å². The third-order valence-corrected chi connectivity index (χ3v) is 3.87. The van der Waals surface area contributed by atoms with Gasteiger partial charge in [-0.2, -0.15) is 0 Å². The second-order valence-electron chi connectivity index (χ2n) is 2.97. The smallest absolute Gasteiger partial charge is 0.124 e. The van der Waals surface area contributed by atoms with Crippen LogP contribution in [0.4, 0.5) is 0 Å². The molecule has 0 aliphatic heterocycles. The van der Waals surface area contributed by atoms with E-state index < -0.39 is 0 Å². The zero-order chi connectivity index (χ0) is 9.97. The van der Waals surface area contributed by atoms with Crippen molar-refractivity contribution in [3.05, 3.63) is 39.8 Å². The van der Waals surface area contributed by atoms with E-state index in [1.807, 2.05) is 24.4 Å². The van der Waals surface area contributed by atoms with Crippen LogP contribution in [0.25, 0.3) is 10.6 Å². The molecule has 0 bridgehead atoms. The highest BCUT2D eigenvalue weighted by atomic mass is 79.9. The quantitative estimate of drug-likeness (QED) is 0.797. The fourth-order valence-corrected chi connectivity index (χ4v) is 2.73. The van der Waals surface area contributed by atoms with Crippen molar-refractivity contribution in [3.63, 3.8) is 0 Å². The van der Waals surface area contributed by atoms with Gasteiger partial charge in [0, 0.05) is 21.1 Å². The summed E-state index contributed by atoms with van der Waals surface area (Å²) in [6, 6.07) is 8.18. The zero-order valence-corrected chi connectivity index (χ0v) is 10.2. The van der Waals surface area contributed by atoms with Gasteiger partial charge in [0.25, 0.3) is 0 Å². The van der Waals surface area contributed by atoms with Crippen LogP contribution in [0.15, 0.2) is 34.9 Å². The Morgan fingerprint density at radius 2 is 2.14 bits per heavy atom. The van der Waals surface area contributed by atoms with Crippen molar-refractivity contribution in [2.24, 2.45) is 0 Å². The molecule has 14 heavy (non-hydrogen) atoms. The summed E-state index contributed by atoms with van der Waals surface area (Å²) in [6.45, 7) is 2.15. The van der Waals surface area contributed by atoms with E-state index in [1.54, 1.807) is 11.3 Å².